The Balaban J connectivity index is 1.70. The zero-order valence-corrected chi connectivity index (χ0v) is 19.5. The molecule has 10 heteroatoms. The first-order valence-corrected chi connectivity index (χ1v) is 11.4. The van der Waals surface area contributed by atoms with Crippen LogP contribution < -0.4 is 15.6 Å². The van der Waals surface area contributed by atoms with Gasteiger partial charge in [-0.05, 0) is 55.8 Å². The van der Waals surface area contributed by atoms with E-state index in [1.165, 1.54) is 28.8 Å². The van der Waals surface area contributed by atoms with Crippen molar-refractivity contribution in [3.05, 3.63) is 88.5 Å². The van der Waals surface area contributed by atoms with E-state index in [0.717, 1.165) is 11.8 Å². The van der Waals surface area contributed by atoms with Gasteiger partial charge in [0.25, 0.3) is 5.56 Å². The molecular formula is C25H20F3N3O3S. The van der Waals surface area contributed by atoms with Crippen molar-refractivity contribution in [2.24, 2.45) is 0 Å². The van der Waals surface area contributed by atoms with Crippen molar-refractivity contribution in [1.29, 1.82) is 0 Å². The summed E-state index contributed by atoms with van der Waals surface area (Å²) in [6, 6.07) is 16.9. The lowest BCUT2D eigenvalue weighted by Crippen LogP contribution is -2.26. The highest BCUT2D eigenvalue weighted by Crippen LogP contribution is 2.29. The fourth-order valence-corrected chi connectivity index (χ4v) is 4.28. The van der Waals surface area contributed by atoms with E-state index in [2.05, 4.69) is 15.0 Å². The molecule has 1 unspecified atom stereocenters. The second-order valence-electron chi connectivity index (χ2n) is 7.61. The number of halogens is 3. The van der Waals surface area contributed by atoms with Crippen LogP contribution in [0.15, 0.2) is 76.7 Å². The fourth-order valence-electron chi connectivity index (χ4n) is 3.35. The Kier molecular flexibility index (Phi) is 7.11. The molecule has 4 aromatic rings. The number of nitrogens with zero attached hydrogens (tertiary/aromatic N) is 2. The highest BCUT2D eigenvalue weighted by molar-refractivity contribution is 8.00. The van der Waals surface area contributed by atoms with Crippen LogP contribution >= 0.6 is 11.8 Å². The molecule has 0 aliphatic carbocycles. The first-order valence-electron chi connectivity index (χ1n) is 10.5. The molecule has 0 aliphatic rings. The summed E-state index contributed by atoms with van der Waals surface area (Å²) in [6.45, 7) is 0.141. The van der Waals surface area contributed by atoms with Gasteiger partial charge in [-0.3, -0.25) is 14.2 Å². The van der Waals surface area contributed by atoms with Crippen molar-refractivity contribution in [2.75, 3.05) is 5.32 Å². The van der Waals surface area contributed by atoms with Crippen molar-refractivity contribution < 1.29 is 22.7 Å². The number of hydrogen-bond acceptors (Lipinski definition) is 5. The van der Waals surface area contributed by atoms with Gasteiger partial charge in [0.1, 0.15) is 11.6 Å². The normalized spacial score (nSPS) is 12.1. The smallest absolute Gasteiger partial charge is 0.387 e. The standard InChI is InChI=1S/C25H20F3N3O3S/c1-14-11-12-16(13-18(14)26)31-23(33)17-7-3-4-8-19(17)30-25(31)35-15(2)22(32)29-20-9-5-6-10-21(20)34-24(27)28/h3-13,15,24H,1-2H3,(H,29,32). The zero-order valence-electron chi connectivity index (χ0n) is 18.7. The van der Waals surface area contributed by atoms with Gasteiger partial charge in [-0.2, -0.15) is 8.78 Å². The minimum absolute atomic E-state index is 0.0784. The molecule has 0 fully saturated rings. The molecule has 4 rings (SSSR count). The van der Waals surface area contributed by atoms with Gasteiger partial charge < -0.3 is 10.1 Å². The molecule has 3 aromatic carbocycles. The first-order chi connectivity index (χ1) is 16.7. The maximum Gasteiger partial charge on any atom is 0.387 e. The van der Waals surface area contributed by atoms with Crippen molar-refractivity contribution >= 4 is 34.3 Å². The summed E-state index contributed by atoms with van der Waals surface area (Å²) in [5.74, 6) is -1.19. The fraction of sp³-hybridized carbons (Fsp3) is 0.160. The van der Waals surface area contributed by atoms with Gasteiger partial charge in [0.05, 0.1) is 27.5 Å². The summed E-state index contributed by atoms with van der Waals surface area (Å²) in [6.07, 6.45) is 0. The molecule has 0 radical (unpaired) electrons. The van der Waals surface area contributed by atoms with Crippen LogP contribution in [0.1, 0.15) is 12.5 Å². The van der Waals surface area contributed by atoms with E-state index in [1.54, 1.807) is 56.3 Å². The van der Waals surface area contributed by atoms with Crippen molar-refractivity contribution in [3.8, 4) is 11.4 Å². The number of carbonyl (C=O) groups excluding carboxylic acids is 1. The van der Waals surface area contributed by atoms with Crippen LogP contribution in [0.4, 0.5) is 18.9 Å². The molecule has 1 aromatic heterocycles. The lowest BCUT2D eigenvalue weighted by atomic mass is 10.2. The van der Waals surface area contributed by atoms with E-state index in [1.807, 2.05) is 0 Å². The van der Waals surface area contributed by atoms with Gasteiger partial charge in [-0.25, -0.2) is 9.37 Å². The van der Waals surface area contributed by atoms with Gasteiger partial charge >= 0.3 is 6.61 Å². The lowest BCUT2D eigenvalue weighted by molar-refractivity contribution is -0.115. The van der Waals surface area contributed by atoms with E-state index < -0.39 is 29.1 Å². The summed E-state index contributed by atoms with van der Waals surface area (Å²) in [7, 11) is 0. The lowest BCUT2D eigenvalue weighted by Gasteiger charge is -2.17. The van der Waals surface area contributed by atoms with Crippen LogP contribution in [0.25, 0.3) is 16.6 Å². The van der Waals surface area contributed by atoms with Crippen LogP contribution in [-0.4, -0.2) is 27.3 Å². The Morgan fingerprint density at radius 3 is 2.54 bits per heavy atom. The maximum absolute atomic E-state index is 14.3. The van der Waals surface area contributed by atoms with E-state index in [4.69, 9.17) is 0 Å². The Morgan fingerprint density at radius 1 is 1.09 bits per heavy atom. The average Bonchev–Trinajstić information content (AvgIpc) is 2.82. The Hall–Kier alpha value is -3.79. The number of aryl methyl sites for hydroxylation is 1. The van der Waals surface area contributed by atoms with Crippen molar-refractivity contribution in [2.45, 2.75) is 30.9 Å². The Morgan fingerprint density at radius 2 is 1.80 bits per heavy atom. The van der Waals surface area contributed by atoms with E-state index in [9.17, 15) is 22.8 Å². The second kappa shape index (κ2) is 10.2. The number of alkyl halides is 2. The topological polar surface area (TPSA) is 73.2 Å². The number of amides is 1. The summed E-state index contributed by atoms with van der Waals surface area (Å²) < 4.78 is 45.5. The number of rotatable bonds is 7. The van der Waals surface area contributed by atoms with Crippen LogP contribution in [-0.2, 0) is 4.79 Å². The van der Waals surface area contributed by atoms with Crippen LogP contribution in [0.2, 0.25) is 0 Å². The van der Waals surface area contributed by atoms with E-state index in [0.29, 0.717) is 16.5 Å². The molecule has 1 heterocycles. The van der Waals surface area contributed by atoms with Crippen LogP contribution in [0, 0.1) is 12.7 Å². The highest BCUT2D eigenvalue weighted by atomic mass is 32.2. The predicted molar refractivity (Wildman–Crippen MR) is 129 cm³/mol. The average molecular weight is 500 g/mol. The maximum atomic E-state index is 14.3. The monoisotopic (exact) mass is 499 g/mol. The summed E-state index contributed by atoms with van der Waals surface area (Å²) in [5.41, 5.74) is 0.774. The minimum Gasteiger partial charge on any atom is -0.433 e. The van der Waals surface area contributed by atoms with Crippen molar-refractivity contribution in [3.63, 3.8) is 0 Å². The third-order valence-electron chi connectivity index (χ3n) is 5.17. The number of para-hydroxylation sites is 3. The molecule has 0 saturated carbocycles. The van der Waals surface area contributed by atoms with Gasteiger partial charge in [-0.15, -0.1) is 0 Å². The number of aromatic nitrogens is 2. The largest absolute Gasteiger partial charge is 0.433 e. The Labute approximate surface area is 202 Å². The molecular weight excluding hydrogens is 479 g/mol. The van der Waals surface area contributed by atoms with Gasteiger partial charge in [-0.1, -0.05) is 42.1 Å². The zero-order chi connectivity index (χ0) is 25.1. The van der Waals surface area contributed by atoms with Gasteiger partial charge in [0, 0.05) is 0 Å². The number of thioether (sulfide) groups is 1. The molecule has 1 atom stereocenters. The predicted octanol–water partition coefficient (Wildman–Crippen LogP) is 5.55. The third kappa shape index (κ3) is 5.32. The van der Waals surface area contributed by atoms with Gasteiger partial charge in [0.15, 0.2) is 5.16 Å². The van der Waals surface area contributed by atoms with Crippen LogP contribution in [0.3, 0.4) is 0 Å². The number of fused-ring (bicyclic) bond motifs is 1. The number of hydrogen-bond donors (Lipinski definition) is 1. The number of ether oxygens (including phenoxy) is 1. The third-order valence-corrected chi connectivity index (χ3v) is 6.22. The quantitative estimate of drug-likeness (QED) is 0.267. The van der Waals surface area contributed by atoms with E-state index >= 15 is 0 Å². The molecule has 6 nitrogen and oxygen atoms in total. The van der Waals surface area contributed by atoms with E-state index in [-0.39, 0.29) is 22.3 Å². The molecule has 0 aliphatic heterocycles. The minimum atomic E-state index is -3.05. The number of benzene rings is 3. The van der Waals surface area contributed by atoms with Gasteiger partial charge in [0.2, 0.25) is 5.91 Å². The summed E-state index contributed by atoms with van der Waals surface area (Å²) in [5, 5.41) is 2.29. The molecule has 0 spiro atoms. The number of anilines is 1. The molecule has 0 saturated heterocycles. The number of carbonyl (C=O) groups is 1. The molecule has 1 N–H and O–H groups in total. The summed E-state index contributed by atoms with van der Waals surface area (Å²) >= 11 is 0.980. The first kappa shape index (κ1) is 24.3. The molecule has 180 valence electrons. The molecule has 0 bridgehead atoms. The van der Waals surface area contributed by atoms with Crippen LogP contribution in [0.5, 0.6) is 5.75 Å². The molecule has 1 amide bonds. The van der Waals surface area contributed by atoms with Crippen molar-refractivity contribution in [1.82, 2.24) is 9.55 Å². The second-order valence-corrected chi connectivity index (χ2v) is 8.92. The Bertz CT molecular complexity index is 1460. The SMILES string of the molecule is Cc1ccc(-n2c(SC(C)C(=O)Nc3ccccc3OC(F)F)nc3ccccc3c2=O)cc1F. The summed E-state index contributed by atoms with van der Waals surface area (Å²) in [4.78, 5) is 30.8. The molecule has 35 heavy (non-hydrogen) atoms. The number of nitrogens with one attached hydrogen (secondary N) is 1. The highest BCUT2D eigenvalue weighted by Gasteiger charge is 2.22.